The molecule has 2 aromatic heterocycles. The minimum Gasteiger partial charge on any atom is -0.497 e. The third kappa shape index (κ3) is 2.39. The number of allylic oxidation sites excluding steroid dienone is 1. The monoisotopic (exact) mass is 292 g/mol. The Morgan fingerprint density at radius 3 is 2.73 bits per heavy atom. The van der Waals surface area contributed by atoms with E-state index >= 15 is 0 Å². The van der Waals surface area contributed by atoms with Crippen molar-refractivity contribution in [1.82, 2.24) is 9.55 Å². The molecule has 0 radical (unpaired) electrons. The zero-order chi connectivity index (χ0) is 15.5. The summed E-state index contributed by atoms with van der Waals surface area (Å²) in [6, 6.07) is 13.2. The summed E-state index contributed by atoms with van der Waals surface area (Å²) in [6.45, 7) is 4.15. The number of methoxy groups -OCH3 is 1. The van der Waals surface area contributed by atoms with Crippen molar-refractivity contribution in [2.24, 2.45) is 0 Å². The third-order valence-corrected chi connectivity index (χ3v) is 3.56. The summed E-state index contributed by atoms with van der Waals surface area (Å²) in [5.74, 6) is 0.762. The van der Waals surface area contributed by atoms with Crippen LogP contribution in [0.1, 0.15) is 0 Å². The molecule has 0 amide bonds. The number of ether oxygens (including phenoxy) is 1. The molecule has 0 aliphatic heterocycles. The van der Waals surface area contributed by atoms with Crippen LogP contribution in [0.2, 0.25) is 0 Å². The van der Waals surface area contributed by atoms with Crippen LogP contribution in [0.15, 0.2) is 66.1 Å². The highest BCUT2D eigenvalue weighted by Crippen LogP contribution is 2.22. The van der Waals surface area contributed by atoms with Crippen LogP contribution in [0, 0.1) is 0 Å². The number of aromatic nitrogens is 2. The van der Waals surface area contributed by atoms with E-state index < -0.39 is 0 Å². The predicted molar refractivity (Wildman–Crippen MR) is 88.2 cm³/mol. The van der Waals surface area contributed by atoms with Crippen LogP contribution >= 0.6 is 0 Å². The van der Waals surface area contributed by atoms with Crippen LogP contribution in [0.3, 0.4) is 0 Å². The molecule has 0 saturated carbocycles. The molecule has 3 rings (SSSR count). The van der Waals surface area contributed by atoms with Gasteiger partial charge in [0.2, 0.25) is 0 Å². The summed E-state index contributed by atoms with van der Waals surface area (Å²) >= 11 is 0. The predicted octanol–water partition coefficient (Wildman–Crippen LogP) is 3.26. The van der Waals surface area contributed by atoms with Crippen LogP contribution in [0.4, 0.5) is 0 Å². The standard InChI is InChI=1S/C18H16N2O2/c1-3-11-20-17-14(5-4-10-19-17)12-16(18(20)21)13-6-8-15(22-2)9-7-13/h3-10,12H,1,11H2,2H3. The summed E-state index contributed by atoms with van der Waals surface area (Å²) < 4.78 is 6.80. The molecule has 3 aromatic rings. The van der Waals surface area contributed by atoms with Gasteiger partial charge in [-0.05, 0) is 35.9 Å². The van der Waals surface area contributed by atoms with E-state index in [0.29, 0.717) is 17.8 Å². The van der Waals surface area contributed by atoms with E-state index in [9.17, 15) is 4.79 Å². The van der Waals surface area contributed by atoms with E-state index in [4.69, 9.17) is 4.74 Å². The Bertz CT molecular complexity index is 880. The Balaban J connectivity index is 2.26. The number of nitrogens with zero attached hydrogens (tertiary/aromatic N) is 2. The van der Waals surface area contributed by atoms with Crippen molar-refractivity contribution in [1.29, 1.82) is 0 Å². The Hall–Kier alpha value is -2.88. The highest BCUT2D eigenvalue weighted by atomic mass is 16.5. The van der Waals surface area contributed by atoms with Gasteiger partial charge in [0.25, 0.3) is 5.56 Å². The lowest BCUT2D eigenvalue weighted by atomic mass is 10.1. The zero-order valence-electron chi connectivity index (χ0n) is 12.3. The number of rotatable bonds is 4. The minimum absolute atomic E-state index is 0.0729. The molecule has 4 heteroatoms. The lowest BCUT2D eigenvalue weighted by Crippen LogP contribution is -2.22. The molecule has 22 heavy (non-hydrogen) atoms. The highest BCUT2D eigenvalue weighted by Gasteiger charge is 2.11. The Kier molecular flexibility index (Phi) is 3.74. The quantitative estimate of drug-likeness (QED) is 0.693. The molecule has 1 aromatic carbocycles. The molecule has 0 atom stereocenters. The van der Waals surface area contributed by atoms with Crippen LogP contribution in [-0.4, -0.2) is 16.7 Å². The third-order valence-electron chi connectivity index (χ3n) is 3.56. The highest BCUT2D eigenvalue weighted by molar-refractivity contribution is 5.81. The van der Waals surface area contributed by atoms with Gasteiger partial charge in [-0.1, -0.05) is 18.2 Å². The van der Waals surface area contributed by atoms with Gasteiger partial charge in [-0.15, -0.1) is 6.58 Å². The molecule has 4 nitrogen and oxygen atoms in total. The summed E-state index contributed by atoms with van der Waals surface area (Å²) in [7, 11) is 1.62. The molecule has 0 spiro atoms. The molecule has 0 aliphatic rings. The van der Waals surface area contributed by atoms with E-state index in [1.165, 1.54) is 0 Å². The van der Waals surface area contributed by atoms with Gasteiger partial charge < -0.3 is 4.74 Å². The Morgan fingerprint density at radius 1 is 1.27 bits per heavy atom. The van der Waals surface area contributed by atoms with Crippen molar-refractivity contribution in [3.05, 3.63) is 71.7 Å². The lowest BCUT2D eigenvalue weighted by Gasteiger charge is -2.11. The smallest absolute Gasteiger partial charge is 0.260 e. The van der Waals surface area contributed by atoms with E-state index in [-0.39, 0.29) is 5.56 Å². The minimum atomic E-state index is -0.0729. The molecule has 0 saturated heterocycles. The molecular weight excluding hydrogens is 276 g/mol. The maximum absolute atomic E-state index is 12.8. The first-order valence-electron chi connectivity index (χ1n) is 6.98. The Morgan fingerprint density at radius 2 is 2.05 bits per heavy atom. The number of hydrogen-bond acceptors (Lipinski definition) is 3. The zero-order valence-corrected chi connectivity index (χ0v) is 12.3. The Labute approximate surface area is 128 Å². The first-order valence-corrected chi connectivity index (χ1v) is 6.98. The van der Waals surface area contributed by atoms with Crippen molar-refractivity contribution in [2.45, 2.75) is 6.54 Å². The molecule has 2 heterocycles. The normalized spacial score (nSPS) is 10.6. The van der Waals surface area contributed by atoms with Gasteiger partial charge in [-0.2, -0.15) is 0 Å². The van der Waals surface area contributed by atoms with Crippen LogP contribution < -0.4 is 10.3 Å². The van der Waals surface area contributed by atoms with E-state index in [1.807, 2.05) is 42.5 Å². The van der Waals surface area contributed by atoms with Crippen molar-refractivity contribution in [2.75, 3.05) is 7.11 Å². The first-order chi connectivity index (χ1) is 10.7. The second-order valence-electron chi connectivity index (χ2n) is 4.91. The van der Waals surface area contributed by atoms with Crippen LogP contribution in [0.5, 0.6) is 5.75 Å². The molecule has 0 N–H and O–H groups in total. The van der Waals surface area contributed by atoms with E-state index in [2.05, 4.69) is 11.6 Å². The lowest BCUT2D eigenvalue weighted by molar-refractivity contribution is 0.415. The number of fused-ring (bicyclic) bond motifs is 1. The van der Waals surface area contributed by atoms with Gasteiger partial charge in [0.1, 0.15) is 11.4 Å². The van der Waals surface area contributed by atoms with Gasteiger partial charge >= 0.3 is 0 Å². The largest absolute Gasteiger partial charge is 0.497 e. The fourth-order valence-corrected chi connectivity index (χ4v) is 2.48. The van der Waals surface area contributed by atoms with E-state index in [1.54, 1.807) is 23.9 Å². The number of hydrogen-bond donors (Lipinski definition) is 0. The van der Waals surface area contributed by atoms with E-state index in [0.717, 1.165) is 16.7 Å². The van der Waals surface area contributed by atoms with Crippen molar-refractivity contribution < 1.29 is 4.74 Å². The molecular formula is C18H16N2O2. The summed E-state index contributed by atoms with van der Waals surface area (Å²) in [5.41, 5.74) is 2.10. The fraction of sp³-hybridized carbons (Fsp3) is 0.111. The maximum Gasteiger partial charge on any atom is 0.260 e. The average Bonchev–Trinajstić information content (AvgIpc) is 2.57. The topological polar surface area (TPSA) is 44.1 Å². The summed E-state index contributed by atoms with van der Waals surface area (Å²) in [6.07, 6.45) is 3.39. The van der Waals surface area contributed by atoms with Crippen LogP contribution in [-0.2, 0) is 6.54 Å². The van der Waals surface area contributed by atoms with Crippen LogP contribution in [0.25, 0.3) is 22.2 Å². The first kappa shape index (κ1) is 14.1. The fourth-order valence-electron chi connectivity index (χ4n) is 2.48. The van der Waals surface area contributed by atoms with Gasteiger partial charge in [0.15, 0.2) is 0 Å². The van der Waals surface area contributed by atoms with Gasteiger partial charge in [0.05, 0.1) is 7.11 Å². The van der Waals surface area contributed by atoms with Gasteiger partial charge in [-0.3, -0.25) is 9.36 Å². The van der Waals surface area contributed by atoms with Gasteiger partial charge in [-0.25, -0.2) is 4.98 Å². The summed E-state index contributed by atoms with van der Waals surface area (Å²) in [4.78, 5) is 17.1. The average molecular weight is 292 g/mol. The molecule has 0 unspecified atom stereocenters. The second kappa shape index (κ2) is 5.85. The number of pyridine rings is 2. The molecule has 110 valence electrons. The van der Waals surface area contributed by atoms with Crippen molar-refractivity contribution in [3.8, 4) is 16.9 Å². The molecule has 0 fully saturated rings. The van der Waals surface area contributed by atoms with Gasteiger partial charge in [0, 0.05) is 23.7 Å². The van der Waals surface area contributed by atoms with Crippen molar-refractivity contribution in [3.63, 3.8) is 0 Å². The molecule has 0 aliphatic carbocycles. The SMILES string of the molecule is C=CCn1c(=O)c(-c2ccc(OC)cc2)cc2cccnc21. The summed E-state index contributed by atoms with van der Waals surface area (Å²) in [5, 5.41) is 0.926. The van der Waals surface area contributed by atoms with Crippen molar-refractivity contribution >= 4 is 11.0 Å². The maximum atomic E-state index is 12.8. The molecule has 0 bridgehead atoms. The second-order valence-corrected chi connectivity index (χ2v) is 4.91. The number of benzene rings is 1.